The number of anilines is 1. The summed E-state index contributed by atoms with van der Waals surface area (Å²) < 4.78 is 0. The Labute approximate surface area is 188 Å². The second-order valence-electron chi connectivity index (χ2n) is 8.63. The SMILES string of the molecule is C[C@H](CNC(=O)c1ccc(C[C@@H]2CC(=O)NC2=O)cc1)N1CCN(c2ccccc2)CC1. The zero-order valence-electron chi connectivity index (χ0n) is 18.4. The van der Waals surface area contributed by atoms with E-state index in [9.17, 15) is 14.4 Å². The van der Waals surface area contributed by atoms with Crippen molar-refractivity contribution in [2.75, 3.05) is 37.6 Å². The zero-order valence-corrected chi connectivity index (χ0v) is 18.4. The number of para-hydroxylation sites is 1. The van der Waals surface area contributed by atoms with Crippen molar-refractivity contribution in [1.29, 1.82) is 0 Å². The number of imide groups is 1. The van der Waals surface area contributed by atoms with Gasteiger partial charge in [-0.2, -0.15) is 0 Å². The molecule has 0 unspecified atom stereocenters. The van der Waals surface area contributed by atoms with Gasteiger partial charge in [0.25, 0.3) is 5.91 Å². The number of carbonyl (C=O) groups is 3. The van der Waals surface area contributed by atoms with Crippen molar-refractivity contribution < 1.29 is 14.4 Å². The van der Waals surface area contributed by atoms with Crippen LogP contribution in [-0.4, -0.2) is 61.4 Å². The second-order valence-corrected chi connectivity index (χ2v) is 8.63. The normalized spacial score (nSPS) is 20.2. The van der Waals surface area contributed by atoms with E-state index in [0.717, 1.165) is 31.7 Å². The fourth-order valence-electron chi connectivity index (χ4n) is 4.38. The number of nitrogens with one attached hydrogen (secondary N) is 2. The van der Waals surface area contributed by atoms with Crippen LogP contribution in [0.1, 0.15) is 29.3 Å². The van der Waals surface area contributed by atoms with Gasteiger partial charge in [0.15, 0.2) is 0 Å². The van der Waals surface area contributed by atoms with Crippen molar-refractivity contribution in [2.45, 2.75) is 25.8 Å². The Morgan fingerprint density at radius 2 is 1.72 bits per heavy atom. The lowest BCUT2D eigenvalue weighted by molar-refractivity contribution is -0.125. The van der Waals surface area contributed by atoms with E-state index in [1.165, 1.54) is 5.69 Å². The highest BCUT2D eigenvalue weighted by Gasteiger charge is 2.30. The summed E-state index contributed by atoms with van der Waals surface area (Å²) in [5.74, 6) is -0.840. The Bertz CT molecular complexity index is 953. The quantitative estimate of drug-likeness (QED) is 0.650. The molecular formula is C25H30N4O3. The Morgan fingerprint density at radius 1 is 1.03 bits per heavy atom. The molecule has 0 bridgehead atoms. The van der Waals surface area contributed by atoms with Crippen molar-refractivity contribution in [3.05, 3.63) is 65.7 Å². The molecule has 0 radical (unpaired) electrons. The number of hydrogen-bond acceptors (Lipinski definition) is 5. The molecule has 0 aromatic heterocycles. The van der Waals surface area contributed by atoms with Crippen LogP contribution in [0.3, 0.4) is 0 Å². The Kier molecular flexibility index (Phi) is 6.85. The maximum atomic E-state index is 12.6. The van der Waals surface area contributed by atoms with Crippen LogP contribution < -0.4 is 15.5 Å². The number of piperazine rings is 1. The lowest BCUT2D eigenvalue weighted by Gasteiger charge is -2.39. The molecule has 4 rings (SSSR count). The molecule has 2 N–H and O–H groups in total. The maximum Gasteiger partial charge on any atom is 0.251 e. The monoisotopic (exact) mass is 434 g/mol. The Morgan fingerprint density at radius 3 is 2.34 bits per heavy atom. The van der Waals surface area contributed by atoms with Gasteiger partial charge in [0.2, 0.25) is 11.8 Å². The smallest absolute Gasteiger partial charge is 0.251 e. The predicted molar refractivity (Wildman–Crippen MR) is 123 cm³/mol. The first-order valence-electron chi connectivity index (χ1n) is 11.2. The maximum absolute atomic E-state index is 12.6. The zero-order chi connectivity index (χ0) is 22.5. The van der Waals surface area contributed by atoms with Crippen LogP contribution in [0.15, 0.2) is 54.6 Å². The highest BCUT2D eigenvalue weighted by atomic mass is 16.2. The van der Waals surface area contributed by atoms with E-state index in [4.69, 9.17) is 0 Å². The largest absolute Gasteiger partial charge is 0.369 e. The van der Waals surface area contributed by atoms with E-state index in [-0.39, 0.29) is 36.1 Å². The third kappa shape index (κ3) is 5.34. The van der Waals surface area contributed by atoms with Gasteiger partial charge in [0.1, 0.15) is 0 Å². The van der Waals surface area contributed by atoms with Crippen LogP contribution >= 0.6 is 0 Å². The van der Waals surface area contributed by atoms with E-state index < -0.39 is 0 Å². The summed E-state index contributed by atoms with van der Waals surface area (Å²) in [5, 5.41) is 5.37. The summed E-state index contributed by atoms with van der Waals surface area (Å²) in [7, 11) is 0. The van der Waals surface area contributed by atoms with Crippen molar-refractivity contribution in [1.82, 2.24) is 15.5 Å². The third-order valence-electron chi connectivity index (χ3n) is 6.38. The van der Waals surface area contributed by atoms with Gasteiger partial charge in [-0.1, -0.05) is 30.3 Å². The molecule has 2 fully saturated rings. The summed E-state index contributed by atoms with van der Waals surface area (Å²) in [6.07, 6.45) is 0.740. The predicted octanol–water partition coefficient (Wildman–Crippen LogP) is 1.83. The van der Waals surface area contributed by atoms with Crippen LogP contribution in [0.4, 0.5) is 5.69 Å². The third-order valence-corrected chi connectivity index (χ3v) is 6.38. The molecule has 7 nitrogen and oxygen atoms in total. The highest BCUT2D eigenvalue weighted by molar-refractivity contribution is 6.03. The van der Waals surface area contributed by atoms with Crippen LogP contribution in [0.2, 0.25) is 0 Å². The van der Waals surface area contributed by atoms with E-state index in [1.54, 1.807) is 12.1 Å². The van der Waals surface area contributed by atoms with E-state index in [0.29, 0.717) is 18.5 Å². The number of carbonyl (C=O) groups excluding carboxylic acids is 3. The van der Waals surface area contributed by atoms with Gasteiger partial charge < -0.3 is 10.2 Å². The van der Waals surface area contributed by atoms with Crippen LogP contribution in [0, 0.1) is 5.92 Å². The van der Waals surface area contributed by atoms with Crippen LogP contribution in [-0.2, 0) is 16.0 Å². The minimum Gasteiger partial charge on any atom is -0.369 e. The number of nitrogens with zero attached hydrogens (tertiary/aromatic N) is 2. The van der Waals surface area contributed by atoms with Gasteiger partial charge in [-0.3, -0.25) is 24.6 Å². The van der Waals surface area contributed by atoms with Crippen LogP contribution in [0.5, 0.6) is 0 Å². The molecule has 7 heteroatoms. The van der Waals surface area contributed by atoms with Gasteiger partial charge in [0.05, 0.1) is 5.92 Å². The molecule has 2 aromatic carbocycles. The molecule has 2 atom stereocenters. The summed E-state index contributed by atoms with van der Waals surface area (Å²) >= 11 is 0. The molecule has 2 saturated heterocycles. The standard InChI is InChI=1S/C25H30N4O3/c1-18(28-11-13-29(14-12-28)22-5-3-2-4-6-22)17-26-24(31)20-9-7-19(8-10-20)15-21-16-23(30)27-25(21)32/h2-10,18,21H,11-17H2,1H3,(H,26,31)(H,27,30,32)/t18-,21-/m1/s1. The number of hydrogen-bond donors (Lipinski definition) is 2. The average molecular weight is 435 g/mol. The molecule has 0 saturated carbocycles. The number of benzene rings is 2. The molecule has 3 amide bonds. The van der Waals surface area contributed by atoms with E-state index in [2.05, 4.69) is 51.6 Å². The van der Waals surface area contributed by atoms with Gasteiger partial charge in [0, 0.05) is 56.4 Å². The van der Waals surface area contributed by atoms with E-state index in [1.807, 2.05) is 18.2 Å². The van der Waals surface area contributed by atoms with E-state index >= 15 is 0 Å². The molecule has 2 aliphatic rings. The molecule has 32 heavy (non-hydrogen) atoms. The van der Waals surface area contributed by atoms with Gasteiger partial charge in [-0.05, 0) is 43.2 Å². The van der Waals surface area contributed by atoms with Crippen molar-refractivity contribution >= 4 is 23.4 Å². The minimum atomic E-state index is -0.314. The minimum absolute atomic E-state index is 0.0971. The summed E-state index contributed by atoms with van der Waals surface area (Å²) in [5.41, 5.74) is 2.81. The topological polar surface area (TPSA) is 81.8 Å². The number of rotatable bonds is 7. The Balaban J connectivity index is 1.22. The molecule has 2 aromatic rings. The molecule has 168 valence electrons. The summed E-state index contributed by atoms with van der Waals surface area (Å²) in [6.45, 7) is 6.64. The lowest BCUT2D eigenvalue weighted by atomic mass is 9.97. The van der Waals surface area contributed by atoms with Gasteiger partial charge in [-0.15, -0.1) is 0 Å². The molecule has 2 heterocycles. The molecule has 2 aliphatic heterocycles. The van der Waals surface area contributed by atoms with Crippen molar-refractivity contribution in [3.8, 4) is 0 Å². The second kappa shape index (κ2) is 9.96. The van der Waals surface area contributed by atoms with Gasteiger partial charge in [-0.25, -0.2) is 0 Å². The molecule has 0 spiro atoms. The van der Waals surface area contributed by atoms with Crippen molar-refractivity contribution in [3.63, 3.8) is 0 Å². The first-order valence-corrected chi connectivity index (χ1v) is 11.2. The molecule has 0 aliphatic carbocycles. The fraction of sp³-hybridized carbons (Fsp3) is 0.400. The first kappa shape index (κ1) is 22.0. The van der Waals surface area contributed by atoms with Crippen molar-refractivity contribution in [2.24, 2.45) is 5.92 Å². The fourth-order valence-corrected chi connectivity index (χ4v) is 4.38. The summed E-state index contributed by atoms with van der Waals surface area (Å²) in [4.78, 5) is 40.4. The lowest BCUT2D eigenvalue weighted by Crippen LogP contribution is -2.52. The number of amides is 3. The van der Waals surface area contributed by atoms with Gasteiger partial charge >= 0.3 is 0 Å². The molecular weight excluding hydrogens is 404 g/mol. The Hall–Kier alpha value is -3.19. The first-order chi connectivity index (χ1) is 15.5. The van der Waals surface area contributed by atoms with Crippen LogP contribution in [0.25, 0.3) is 0 Å². The average Bonchev–Trinajstić information content (AvgIpc) is 3.14. The highest BCUT2D eigenvalue weighted by Crippen LogP contribution is 2.18. The summed E-state index contributed by atoms with van der Waals surface area (Å²) in [6, 6.07) is 18.0.